The number of H-pyrrole nitrogens is 1. The molecule has 1 aromatic carbocycles. The number of benzene rings is 1. The normalized spacial score (nSPS) is 10.5. The molecule has 0 fully saturated rings. The first-order chi connectivity index (χ1) is 8.00. The molecule has 2 rings (SSSR count). The van der Waals surface area contributed by atoms with Crippen molar-refractivity contribution in [1.29, 1.82) is 0 Å². The van der Waals surface area contributed by atoms with Crippen LogP contribution in [0.2, 0.25) is 10.2 Å². The van der Waals surface area contributed by atoms with E-state index in [1.54, 1.807) is 6.07 Å². The highest BCUT2D eigenvalue weighted by molar-refractivity contribution is 6.30. The molecule has 4 nitrogen and oxygen atoms in total. The molecule has 0 aliphatic rings. The molecule has 1 N–H and O–H groups in total. The second-order valence-corrected chi connectivity index (χ2v) is 3.99. The highest BCUT2D eigenvalue weighted by Gasteiger charge is 2.13. The largest absolute Gasteiger partial charge is 0.334 e. The molecule has 0 radical (unpaired) electrons. The number of aromatic amines is 1. The number of rotatable bonds is 1. The minimum absolute atomic E-state index is 0.166. The summed E-state index contributed by atoms with van der Waals surface area (Å²) in [5.41, 5.74) is -1.79. The monoisotopic (exact) mass is 274 g/mol. The van der Waals surface area contributed by atoms with E-state index in [9.17, 15) is 14.0 Å². The minimum atomic E-state index is -1.22. The lowest BCUT2D eigenvalue weighted by molar-refractivity contribution is 0.584. The molecule has 0 aliphatic heterocycles. The third kappa shape index (κ3) is 2.11. The first-order valence-electron chi connectivity index (χ1n) is 4.47. The molecule has 0 unspecified atom stereocenters. The Hall–Kier alpha value is -1.59. The smallest absolute Gasteiger partial charge is 0.295 e. The standard InChI is InChI=1S/C10H5Cl2FN2O2/c11-5-2-1-3-6(4-5)15-9(16)7(13)8(12)14-10(15)17/h1-4H,(H,14,17). The highest BCUT2D eigenvalue weighted by Crippen LogP contribution is 2.12. The van der Waals surface area contributed by atoms with E-state index >= 15 is 0 Å². The summed E-state index contributed by atoms with van der Waals surface area (Å²) in [6.07, 6.45) is 0. The van der Waals surface area contributed by atoms with Crippen molar-refractivity contribution in [2.75, 3.05) is 0 Å². The van der Waals surface area contributed by atoms with Gasteiger partial charge in [0, 0.05) is 5.02 Å². The average Bonchev–Trinajstić information content (AvgIpc) is 2.26. The van der Waals surface area contributed by atoms with Crippen molar-refractivity contribution < 1.29 is 4.39 Å². The third-order valence-corrected chi connectivity index (χ3v) is 2.57. The Labute approximate surface area is 104 Å². The van der Waals surface area contributed by atoms with Crippen molar-refractivity contribution in [3.63, 3.8) is 0 Å². The zero-order valence-corrected chi connectivity index (χ0v) is 9.72. The molecule has 2 aromatic rings. The topological polar surface area (TPSA) is 54.9 Å². The Bertz CT molecular complexity index is 693. The summed E-state index contributed by atoms with van der Waals surface area (Å²) in [5.74, 6) is -1.22. The summed E-state index contributed by atoms with van der Waals surface area (Å²) in [6, 6.07) is 5.92. The van der Waals surface area contributed by atoms with E-state index in [-0.39, 0.29) is 5.69 Å². The number of aromatic nitrogens is 2. The van der Waals surface area contributed by atoms with Crippen LogP contribution in [0.5, 0.6) is 0 Å². The van der Waals surface area contributed by atoms with Gasteiger partial charge in [0.2, 0.25) is 5.82 Å². The molecule has 0 bridgehead atoms. The SMILES string of the molecule is O=c1[nH]c(Cl)c(F)c(=O)n1-c1cccc(Cl)c1. The van der Waals surface area contributed by atoms with Crippen LogP contribution in [0.4, 0.5) is 4.39 Å². The molecule has 7 heteroatoms. The number of hydrogen-bond acceptors (Lipinski definition) is 2. The Balaban J connectivity index is 2.82. The van der Waals surface area contributed by atoms with Crippen LogP contribution in [0, 0.1) is 5.82 Å². The first kappa shape index (κ1) is 11.9. The first-order valence-corrected chi connectivity index (χ1v) is 5.22. The Morgan fingerprint density at radius 3 is 2.59 bits per heavy atom. The van der Waals surface area contributed by atoms with Crippen molar-refractivity contribution in [2.45, 2.75) is 0 Å². The maximum atomic E-state index is 13.3. The van der Waals surface area contributed by atoms with Crippen molar-refractivity contribution in [1.82, 2.24) is 9.55 Å². The fraction of sp³-hybridized carbons (Fsp3) is 0. The van der Waals surface area contributed by atoms with Gasteiger partial charge in [0.15, 0.2) is 5.15 Å². The third-order valence-electron chi connectivity index (χ3n) is 2.07. The van der Waals surface area contributed by atoms with E-state index in [0.29, 0.717) is 9.59 Å². The lowest BCUT2D eigenvalue weighted by Crippen LogP contribution is -2.35. The molecule has 0 saturated heterocycles. The van der Waals surface area contributed by atoms with Gasteiger partial charge in [-0.1, -0.05) is 29.3 Å². The average molecular weight is 275 g/mol. The van der Waals surface area contributed by atoms with Gasteiger partial charge in [-0.05, 0) is 18.2 Å². The Morgan fingerprint density at radius 2 is 1.94 bits per heavy atom. The van der Waals surface area contributed by atoms with Crippen LogP contribution in [-0.4, -0.2) is 9.55 Å². The molecular formula is C10H5Cl2FN2O2. The lowest BCUT2D eigenvalue weighted by Gasteiger charge is -2.05. The Morgan fingerprint density at radius 1 is 1.24 bits per heavy atom. The minimum Gasteiger partial charge on any atom is -0.295 e. The van der Waals surface area contributed by atoms with E-state index < -0.39 is 22.2 Å². The molecule has 1 aromatic heterocycles. The number of halogens is 3. The van der Waals surface area contributed by atoms with Crippen molar-refractivity contribution in [3.05, 3.63) is 61.1 Å². The molecule has 88 valence electrons. The number of nitrogens with zero attached hydrogens (tertiary/aromatic N) is 1. The molecule has 0 saturated carbocycles. The summed E-state index contributed by atoms with van der Waals surface area (Å²) in [5, 5.41) is -0.289. The lowest BCUT2D eigenvalue weighted by atomic mass is 10.3. The van der Waals surface area contributed by atoms with E-state index in [4.69, 9.17) is 23.2 Å². The molecule has 0 atom stereocenters. The summed E-state index contributed by atoms with van der Waals surface area (Å²) in [7, 11) is 0. The molecule has 0 aliphatic carbocycles. The van der Waals surface area contributed by atoms with Gasteiger partial charge in [-0.3, -0.25) is 9.78 Å². The van der Waals surface area contributed by atoms with Crippen LogP contribution in [-0.2, 0) is 0 Å². The predicted molar refractivity (Wildman–Crippen MR) is 62.6 cm³/mol. The second-order valence-electron chi connectivity index (χ2n) is 3.18. The van der Waals surface area contributed by atoms with Crippen molar-refractivity contribution in [3.8, 4) is 5.69 Å². The van der Waals surface area contributed by atoms with Crippen molar-refractivity contribution in [2.24, 2.45) is 0 Å². The van der Waals surface area contributed by atoms with Crippen LogP contribution < -0.4 is 11.2 Å². The van der Waals surface area contributed by atoms with Gasteiger partial charge in [-0.15, -0.1) is 0 Å². The van der Waals surface area contributed by atoms with Crippen LogP contribution >= 0.6 is 23.2 Å². The van der Waals surface area contributed by atoms with Gasteiger partial charge in [0.05, 0.1) is 5.69 Å². The summed E-state index contributed by atoms with van der Waals surface area (Å²) < 4.78 is 13.9. The second kappa shape index (κ2) is 4.35. The Kier molecular flexibility index (Phi) is 3.04. The van der Waals surface area contributed by atoms with E-state index in [2.05, 4.69) is 0 Å². The van der Waals surface area contributed by atoms with Crippen LogP contribution in [0.25, 0.3) is 5.69 Å². The van der Waals surface area contributed by atoms with Gasteiger partial charge in [-0.25, -0.2) is 9.36 Å². The summed E-state index contributed by atoms with van der Waals surface area (Å²) >= 11 is 11.1. The predicted octanol–water partition coefficient (Wildman–Crippen LogP) is 1.97. The van der Waals surface area contributed by atoms with Gasteiger partial charge < -0.3 is 0 Å². The summed E-state index contributed by atoms with van der Waals surface area (Å²) in [6.45, 7) is 0. The fourth-order valence-electron chi connectivity index (χ4n) is 1.34. The van der Waals surface area contributed by atoms with Crippen LogP contribution in [0.1, 0.15) is 0 Å². The molecule has 0 amide bonds. The quantitative estimate of drug-likeness (QED) is 0.809. The molecule has 17 heavy (non-hydrogen) atoms. The van der Waals surface area contributed by atoms with E-state index in [1.165, 1.54) is 18.2 Å². The van der Waals surface area contributed by atoms with Crippen LogP contribution in [0.3, 0.4) is 0 Å². The fourth-order valence-corrected chi connectivity index (χ4v) is 1.68. The van der Waals surface area contributed by atoms with E-state index in [1.807, 2.05) is 4.98 Å². The van der Waals surface area contributed by atoms with Gasteiger partial charge in [0.1, 0.15) is 0 Å². The molecule has 1 heterocycles. The summed E-state index contributed by atoms with van der Waals surface area (Å²) in [4.78, 5) is 25.1. The maximum absolute atomic E-state index is 13.3. The molecule has 0 spiro atoms. The van der Waals surface area contributed by atoms with Gasteiger partial charge in [-0.2, -0.15) is 4.39 Å². The van der Waals surface area contributed by atoms with Crippen LogP contribution in [0.15, 0.2) is 33.9 Å². The molecular weight excluding hydrogens is 270 g/mol. The van der Waals surface area contributed by atoms with Gasteiger partial charge in [0.25, 0.3) is 5.56 Å². The maximum Gasteiger partial charge on any atom is 0.334 e. The van der Waals surface area contributed by atoms with Gasteiger partial charge >= 0.3 is 5.69 Å². The number of hydrogen-bond donors (Lipinski definition) is 1. The van der Waals surface area contributed by atoms with E-state index in [0.717, 1.165) is 0 Å². The van der Waals surface area contributed by atoms with Crippen molar-refractivity contribution >= 4 is 23.2 Å². The number of nitrogens with one attached hydrogen (secondary N) is 1. The highest BCUT2D eigenvalue weighted by atomic mass is 35.5. The zero-order chi connectivity index (χ0) is 12.6. The zero-order valence-electron chi connectivity index (χ0n) is 8.21.